The lowest BCUT2D eigenvalue weighted by atomic mass is 10.3. The summed E-state index contributed by atoms with van der Waals surface area (Å²) in [6.45, 7) is 0.175. The molecule has 27 heavy (non-hydrogen) atoms. The molecule has 0 unspecified atom stereocenters. The van der Waals surface area contributed by atoms with Gasteiger partial charge in [0.25, 0.3) is 0 Å². The van der Waals surface area contributed by atoms with E-state index in [4.69, 9.17) is 4.42 Å². The lowest BCUT2D eigenvalue weighted by Crippen LogP contribution is -2.22. The van der Waals surface area contributed by atoms with Gasteiger partial charge in [0.15, 0.2) is 5.58 Å². The molecule has 1 amide bonds. The van der Waals surface area contributed by atoms with Crippen LogP contribution in [0.4, 0.5) is 5.69 Å². The van der Waals surface area contributed by atoms with E-state index in [1.54, 1.807) is 24.3 Å². The van der Waals surface area contributed by atoms with Gasteiger partial charge in [-0.1, -0.05) is 12.1 Å². The van der Waals surface area contributed by atoms with E-state index in [0.29, 0.717) is 16.8 Å². The van der Waals surface area contributed by atoms with Gasteiger partial charge in [0.05, 0.1) is 10.4 Å². The van der Waals surface area contributed by atoms with Crippen molar-refractivity contribution in [3.63, 3.8) is 0 Å². The first-order valence-electron chi connectivity index (χ1n) is 8.20. The summed E-state index contributed by atoms with van der Waals surface area (Å²) in [5, 5.41) is 2.69. The number of para-hydroxylation sites is 2. The van der Waals surface area contributed by atoms with Gasteiger partial charge < -0.3 is 9.73 Å². The SMILES string of the molecule is CN(C)S(=O)(=O)c1ccc(NC(=O)CCn2c(=O)oc3ccccc32)cc1. The van der Waals surface area contributed by atoms with Crippen molar-refractivity contribution in [3.8, 4) is 0 Å². The summed E-state index contributed by atoms with van der Waals surface area (Å²) >= 11 is 0. The summed E-state index contributed by atoms with van der Waals surface area (Å²) < 4.78 is 31.7. The lowest BCUT2D eigenvalue weighted by molar-refractivity contribution is -0.116. The highest BCUT2D eigenvalue weighted by Gasteiger charge is 2.17. The van der Waals surface area contributed by atoms with Crippen LogP contribution in [-0.2, 0) is 21.4 Å². The number of sulfonamides is 1. The van der Waals surface area contributed by atoms with E-state index in [2.05, 4.69) is 5.32 Å². The maximum atomic E-state index is 12.2. The van der Waals surface area contributed by atoms with Crippen molar-refractivity contribution in [2.24, 2.45) is 0 Å². The molecule has 0 saturated heterocycles. The molecule has 9 heteroatoms. The summed E-state index contributed by atoms with van der Waals surface area (Å²) in [4.78, 5) is 24.2. The molecule has 1 heterocycles. The number of oxazole rings is 1. The Hall–Kier alpha value is -2.91. The van der Waals surface area contributed by atoms with Crippen LogP contribution in [0.2, 0.25) is 0 Å². The zero-order chi connectivity index (χ0) is 19.6. The highest BCUT2D eigenvalue weighted by Crippen LogP contribution is 2.17. The zero-order valence-electron chi connectivity index (χ0n) is 14.9. The number of hydrogen-bond acceptors (Lipinski definition) is 5. The number of carbonyl (C=O) groups is 1. The summed E-state index contributed by atoms with van der Waals surface area (Å²) in [6, 6.07) is 12.9. The molecule has 0 spiro atoms. The Kier molecular flexibility index (Phi) is 5.15. The van der Waals surface area contributed by atoms with Gasteiger partial charge in [-0.15, -0.1) is 0 Å². The number of nitrogens with one attached hydrogen (secondary N) is 1. The van der Waals surface area contributed by atoms with Gasteiger partial charge in [0.1, 0.15) is 0 Å². The van der Waals surface area contributed by atoms with Gasteiger partial charge in [-0.05, 0) is 36.4 Å². The van der Waals surface area contributed by atoms with Crippen LogP contribution in [0, 0.1) is 0 Å². The summed E-state index contributed by atoms with van der Waals surface area (Å²) in [6.07, 6.45) is 0.0706. The van der Waals surface area contributed by atoms with Gasteiger partial charge in [-0.2, -0.15) is 0 Å². The summed E-state index contributed by atoms with van der Waals surface area (Å²) in [5.41, 5.74) is 1.58. The molecule has 0 aliphatic heterocycles. The van der Waals surface area contributed by atoms with E-state index in [1.807, 2.05) is 0 Å². The molecule has 2 aromatic carbocycles. The first-order valence-corrected chi connectivity index (χ1v) is 9.64. The molecule has 0 aliphatic carbocycles. The summed E-state index contributed by atoms with van der Waals surface area (Å²) in [5.74, 6) is -0.808. The second-order valence-corrected chi connectivity index (χ2v) is 8.25. The predicted octanol–water partition coefficient (Wildman–Crippen LogP) is 1.87. The Bertz CT molecular complexity index is 1130. The molecule has 142 valence electrons. The Balaban J connectivity index is 1.66. The Morgan fingerprint density at radius 3 is 2.44 bits per heavy atom. The maximum absolute atomic E-state index is 12.2. The second-order valence-electron chi connectivity index (χ2n) is 6.10. The number of benzene rings is 2. The van der Waals surface area contributed by atoms with Crippen molar-refractivity contribution in [2.45, 2.75) is 17.9 Å². The number of fused-ring (bicyclic) bond motifs is 1. The standard InChI is InChI=1S/C18H19N3O5S/c1-20(2)27(24,25)14-9-7-13(8-10-14)19-17(22)11-12-21-15-5-3-4-6-16(15)26-18(21)23/h3-10H,11-12H2,1-2H3,(H,19,22). The van der Waals surface area contributed by atoms with Gasteiger partial charge in [0, 0.05) is 32.7 Å². The van der Waals surface area contributed by atoms with E-state index in [-0.39, 0.29) is 23.8 Å². The van der Waals surface area contributed by atoms with Gasteiger partial charge in [-0.3, -0.25) is 9.36 Å². The smallest absolute Gasteiger partial charge is 0.408 e. The quantitative estimate of drug-likeness (QED) is 0.693. The number of aromatic nitrogens is 1. The third-order valence-electron chi connectivity index (χ3n) is 4.05. The molecule has 0 aliphatic rings. The number of amides is 1. The van der Waals surface area contributed by atoms with Crippen molar-refractivity contribution >= 4 is 32.7 Å². The maximum Gasteiger partial charge on any atom is 0.419 e. The molecule has 0 atom stereocenters. The minimum absolute atomic E-state index is 0.0706. The fourth-order valence-electron chi connectivity index (χ4n) is 2.58. The highest BCUT2D eigenvalue weighted by atomic mass is 32.2. The molecule has 3 rings (SSSR count). The van der Waals surface area contributed by atoms with Crippen LogP contribution in [0.1, 0.15) is 6.42 Å². The second kappa shape index (κ2) is 7.37. The Morgan fingerprint density at radius 1 is 1.11 bits per heavy atom. The van der Waals surface area contributed by atoms with Crippen molar-refractivity contribution in [1.29, 1.82) is 0 Å². The first-order chi connectivity index (χ1) is 12.8. The Labute approximate surface area is 156 Å². The third-order valence-corrected chi connectivity index (χ3v) is 5.88. The number of hydrogen-bond donors (Lipinski definition) is 1. The van der Waals surface area contributed by atoms with E-state index < -0.39 is 15.8 Å². The number of carbonyl (C=O) groups excluding carboxylic acids is 1. The van der Waals surface area contributed by atoms with Gasteiger partial charge in [0.2, 0.25) is 15.9 Å². The molecular weight excluding hydrogens is 370 g/mol. The molecule has 0 radical (unpaired) electrons. The third kappa shape index (κ3) is 3.93. The minimum atomic E-state index is -3.52. The number of aryl methyl sites for hydroxylation is 1. The molecule has 3 aromatic rings. The molecule has 0 saturated carbocycles. The molecule has 1 aromatic heterocycles. The van der Waals surface area contributed by atoms with E-state index in [0.717, 1.165) is 4.31 Å². The highest BCUT2D eigenvalue weighted by molar-refractivity contribution is 7.89. The molecule has 0 fully saturated rings. The lowest BCUT2D eigenvalue weighted by Gasteiger charge is -2.12. The van der Waals surface area contributed by atoms with Gasteiger partial charge in [-0.25, -0.2) is 17.5 Å². The van der Waals surface area contributed by atoms with Crippen LogP contribution in [0.3, 0.4) is 0 Å². The molecule has 8 nitrogen and oxygen atoms in total. The first kappa shape index (κ1) is 18.9. The number of rotatable bonds is 6. The van der Waals surface area contributed by atoms with Crippen molar-refractivity contribution in [2.75, 3.05) is 19.4 Å². The van der Waals surface area contributed by atoms with Crippen LogP contribution >= 0.6 is 0 Å². The van der Waals surface area contributed by atoms with E-state index in [1.165, 1.54) is 42.9 Å². The molecule has 1 N–H and O–H groups in total. The van der Waals surface area contributed by atoms with Crippen LogP contribution < -0.4 is 11.1 Å². The average Bonchev–Trinajstić information content (AvgIpc) is 2.95. The number of anilines is 1. The van der Waals surface area contributed by atoms with Crippen LogP contribution in [-0.4, -0.2) is 37.3 Å². The molecule has 0 bridgehead atoms. The fourth-order valence-corrected chi connectivity index (χ4v) is 3.49. The monoisotopic (exact) mass is 389 g/mol. The molecular formula is C18H19N3O5S. The van der Waals surface area contributed by atoms with Crippen molar-refractivity contribution in [3.05, 3.63) is 59.1 Å². The summed E-state index contributed by atoms with van der Waals surface area (Å²) in [7, 11) is -0.614. The van der Waals surface area contributed by atoms with Gasteiger partial charge >= 0.3 is 5.76 Å². The normalized spacial score (nSPS) is 11.8. The predicted molar refractivity (Wildman–Crippen MR) is 101 cm³/mol. The van der Waals surface area contributed by atoms with E-state index in [9.17, 15) is 18.0 Å². The minimum Gasteiger partial charge on any atom is -0.408 e. The number of nitrogens with zero attached hydrogens (tertiary/aromatic N) is 2. The van der Waals surface area contributed by atoms with Crippen molar-refractivity contribution in [1.82, 2.24) is 8.87 Å². The topological polar surface area (TPSA) is 102 Å². The largest absolute Gasteiger partial charge is 0.419 e. The average molecular weight is 389 g/mol. The van der Waals surface area contributed by atoms with Crippen LogP contribution in [0.15, 0.2) is 62.6 Å². The fraction of sp³-hybridized carbons (Fsp3) is 0.222. The van der Waals surface area contributed by atoms with E-state index >= 15 is 0 Å². The van der Waals surface area contributed by atoms with Crippen molar-refractivity contribution < 1.29 is 17.6 Å². The Morgan fingerprint density at radius 2 is 1.78 bits per heavy atom. The zero-order valence-corrected chi connectivity index (χ0v) is 15.7. The van der Waals surface area contributed by atoms with Crippen LogP contribution in [0.25, 0.3) is 11.1 Å². The van der Waals surface area contributed by atoms with Crippen LogP contribution in [0.5, 0.6) is 0 Å².